The second kappa shape index (κ2) is 7.08. The third-order valence-corrected chi connectivity index (χ3v) is 3.14. The van der Waals surface area contributed by atoms with Gasteiger partial charge in [0.2, 0.25) is 5.91 Å². The average molecular weight is 273 g/mol. The van der Waals surface area contributed by atoms with Crippen LogP contribution < -0.4 is 5.32 Å². The fourth-order valence-electron chi connectivity index (χ4n) is 2.00. The normalized spacial score (nSPS) is 23.8. The molecule has 0 saturated carbocycles. The minimum atomic E-state index is -1.16. The molecule has 7 heteroatoms. The fourth-order valence-corrected chi connectivity index (χ4v) is 2.00. The number of carbonyl (C=O) groups excluding carboxylic acids is 1. The fraction of sp³-hybridized carbons (Fsp3) is 0.750. The Labute approximate surface area is 110 Å². The molecule has 1 saturated heterocycles. The van der Waals surface area contributed by atoms with Crippen molar-refractivity contribution in [3.8, 4) is 0 Å². The minimum absolute atomic E-state index is 0.0634. The molecule has 7 nitrogen and oxygen atoms in total. The lowest BCUT2D eigenvalue weighted by Gasteiger charge is -2.19. The number of carbonyl (C=O) groups is 3. The lowest BCUT2D eigenvalue weighted by molar-refractivity contribution is -0.144. The number of hydrogen-bond acceptors (Lipinski definition) is 4. The van der Waals surface area contributed by atoms with Crippen LogP contribution in [0.25, 0.3) is 0 Å². The summed E-state index contributed by atoms with van der Waals surface area (Å²) in [6.07, 6.45) is 0.341. The standard InChI is InChI=1S/C12H19NO6/c1-7-5-6-19-10(7)11(16)13-8(12(17)18)3-2-4-9(14)15/h7-8,10H,2-6H2,1H3,(H,13,16)(H,14,15)(H,17,18)/t7?,8-,10?/m1/s1. The van der Waals surface area contributed by atoms with Gasteiger partial charge in [-0.3, -0.25) is 9.59 Å². The van der Waals surface area contributed by atoms with Crippen LogP contribution in [0, 0.1) is 5.92 Å². The Kier molecular flexibility index (Phi) is 5.75. The maximum atomic E-state index is 11.9. The van der Waals surface area contributed by atoms with Crippen LogP contribution in [0.3, 0.4) is 0 Å². The summed E-state index contributed by atoms with van der Waals surface area (Å²) in [5.74, 6) is -2.52. The summed E-state index contributed by atoms with van der Waals surface area (Å²) in [7, 11) is 0. The predicted molar refractivity (Wildman–Crippen MR) is 64.6 cm³/mol. The van der Waals surface area contributed by atoms with Gasteiger partial charge in [0.15, 0.2) is 0 Å². The van der Waals surface area contributed by atoms with Gasteiger partial charge in [0.05, 0.1) is 0 Å². The smallest absolute Gasteiger partial charge is 0.326 e. The van der Waals surface area contributed by atoms with Crippen LogP contribution >= 0.6 is 0 Å². The van der Waals surface area contributed by atoms with Crippen LogP contribution in [0.1, 0.15) is 32.6 Å². The molecule has 1 rings (SSSR count). The molecular formula is C12H19NO6. The lowest BCUT2D eigenvalue weighted by atomic mass is 10.0. The van der Waals surface area contributed by atoms with Crippen LogP contribution in [0.15, 0.2) is 0 Å². The number of amides is 1. The quantitative estimate of drug-likeness (QED) is 0.612. The van der Waals surface area contributed by atoms with Crippen LogP contribution in [0.4, 0.5) is 0 Å². The highest BCUT2D eigenvalue weighted by atomic mass is 16.5. The Morgan fingerprint density at radius 3 is 2.53 bits per heavy atom. The molecule has 2 unspecified atom stereocenters. The van der Waals surface area contributed by atoms with Gasteiger partial charge in [-0.15, -0.1) is 0 Å². The van der Waals surface area contributed by atoms with Crippen molar-refractivity contribution in [3.63, 3.8) is 0 Å². The maximum Gasteiger partial charge on any atom is 0.326 e. The highest BCUT2D eigenvalue weighted by molar-refractivity contribution is 5.86. The average Bonchev–Trinajstić information content (AvgIpc) is 2.73. The van der Waals surface area contributed by atoms with Crippen molar-refractivity contribution in [3.05, 3.63) is 0 Å². The molecule has 1 heterocycles. The molecule has 1 aliphatic rings. The van der Waals surface area contributed by atoms with Gasteiger partial charge in [0.25, 0.3) is 0 Å². The molecule has 0 bridgehead atoms. The van der Waals surface area contributed by atoms with Crippen molar-refractivity contribution in [1.82, 2.24) is 5.32 Å². The summed E-state index contributed by atoms with van der Waals surface area (Å²) in [4.78, 5) is 33.2. The van der Waals surface area contributed by atoms with Crippen LogP contribution in [0.2, 0.25) is 0 Å². The van der Waals surface area contributed by atoms with Crippen molar-refractivity contribution < 1.29 is 29.3 Å². The molecule has 0 spiro atoms. The molecular weight excluding hydrogens is 254 g/mol. The molecule has 108 valence electrons. The van der Waals surface area contributed by atoms with E-state index in [0.29, 0.717) is 6.61 Å². The van der Waals surface area contributed by atoms with Gasteiger partial charge >= 0.3 is 11.9 Å². The summed E-state index contributed by atoms with van der Waals surface area (Å²) in [5, 5.41) is 19.9. The molecule has 3 atom stereocenters. The molecule has 19 heavy (non-hydrogen) atoms. The number of carboxylic acids is 2. The van der Waals surface area contributed by atoms with Crippen LogP contribution in [0.5, 0.6) is 0 Å². The second-order valence-electron chi connectivity index (χ2n) is 4.74. The molecule has 0 radical (unpaired) electrons. The lowest BCUT2D eigenvalue weighted by Crippen LogP contribution is -2.46. The second-order valence-corrected chi connectivity index (χ2v) is 4.74. The predicted octanol–water partition coefficient (Wildman–Crippen LogP) is 0.236. The number of hydrogen-bond donors (Lipinski definition) is 3. The van der Waals surface area contributed by atoms with Gasteiger partial charge in [0.1, 0.15) is 12.1 Å². The first-order valence-corrected chi connectivity index (χ1v) is 6.28. The van der Waals surface area contributed by atoms with Crippen LogP contribution in [-0.2, 0) is 19.1 Å². The SMILES string of the molecule is CC1CCOC1C(=O)N[C@H](CCCC(=O)O)C(=O)O. The largest absolute Gasteiger partial charge is 0.481 e. The zero-order valence-electron chi connectivity index (χ0n) is 10.8. The number of carboxylic acid groups (broad SMARTS) is 2. The number of rotatable bonds is 7. The number of aliphatic carboxylic acids is 2. The molecule has 1 fully saturated rings. The van der Waals surface area contributed by atoms with E-state index >= 15 is 0 Å². The molecule has 0 aromatic rings. The Morgan fingerprint density at radius 2 is 2.05 bits per heavy atom. The molecule has 1 amide bonds. The Bertz CT molecular complexity index is 356. The van der Waals surface area contributed by atoms with E-state index < -0.39 is 30.0 Å². The highest BCUT2D eigenvalue weighted by Crippen LogP contribution is 2.20. The van der Waals surface area contributed by atoms with E-state index in [1.807, 2.05) is 6.92 Å². The van der Waals surface area contributed by atoms with E-state index in [1.54, 1.807) is 0 Å². The van der Waals surface area contributed by atoms with E-state index in [1.165, 1.54) is 0 Å². The van der Waals surface area contributed by atoms with Gasteiger partial charge in [-0.25, -0.2) is 4.79 Å². The van der Waals surface area contributed by atoms with E-state index in [2.05, 4.69) is 5.32 Å². The Morgan fingerprint density at radius 1 is 1.37 bits per heavy atom. The zero-order valence-corrected chi connectivity index (χ0v) is 10.8. The molecule has 3 N–H and O–H groups in total. The van der Waals surface area contributed by atoms with Crippen molar-refractivity contribution in [2.24, 2.45) is 5.92 Å². The topological polar surface area (TPSA) is 113 Å². The van der Waals surface area contributed by atoms with Crippen molar-refractivity contribution in [1.29, 1.82) is 0 Å². The molecule has 0 aromatic heterocycles. The Balaban J connectivity index is 2.46. The van der Waals surface area contributed by atoms with E-state index in [4.69, 9.17) is 14.9 Å². The number of nitrogens with one attached hydrogen (secondary N) is 1. The molecule has 0 aromatic carbocycles. The van der Waals surface area contributed by atoms with Gasteiger partial charge in [0, 0.05) is 13.0 Å². The van der Waals surface area contributed by atoms with E-state index in [-0.39, 0.29) is 25.2 Å². The third kappa shape index (κ3) is 4.86. The zero-order chi connectivity index (χ0) is 14.4. The van der Waals surface area contributed by atoms with Gasteiger partial charge < -0.3 is 20.3 Å². The summed E-state index contributed by atoms with van der Waals surface area (Å²) in [5.41, 5.74) is 0. The van der Waals surface area contributed by atoms with Crippen molar-refractivity contribution in [2.75, 3.05) is 6.61 Å². The van der Waals surface area contributed by atoms with Gasteiger partial charge in [-0.1, -0.05) is 6.92 Å². The summed E-state index contributed by atoms with van der Waals surface area (Å²) in [6, 6.07) is -1.07. The first-order valence-electron chi connectivity index (χ1n) is 6.28. The first kappa shape index (κ1) is 15.4. The number of ether oxygens (including phenoxy) is 1. The minimum Gasteiger partial charge on any atom is -0.481 e. The van der Waals surface area contributed by atoms with Gasteiger partial charge in [-0.2, -0.15) is 0 Å². The van der Waals surface area contributed by atoms with Crippen LogP contribution in [-0.4, -0.2) is 46.8 Å². The summed E-state index contributed by atoms with van der Waals surface area (Å²) in [6.45, 7) is 2.37. The van der Waals surface area contributed by atoms with E-state index in [9.17, 15) is 14.4 Å². The van der Waals surface area contributed by atoms with Crippen molar-refractivity contribution in [2.45, 2.75) is 44.8 Å². The first-order chi connectivity index (χ1) is 8.91. The third-order valence-electron chi connectivity index (χ3n) is 3.14. The molecule has 1 aliphatic heterocycles. The molecule has 0 aliphatic carbocycles. The maximum absolute atomic E-state index is 11.9. The summed E-state index contributed by atoms with van der Waals surface area (Å²) < 4.78 is 5.25. The highest BCUT2D eigenvalue weighted by Gasteiger charge is 2.33. The van der Waals surface area contributed by atoms with Crippen molar-refractivity contribution >= 4 is 17.8 Å². The Hall–Kier alpha value is -1.63. The summed E-state index contributed by atoms with van der Waals surface area (Å²) >= 11 is 0. The van der Waals surface area contributed by atoms with E-state index in [0.717, 1.165) is 6.42 Å². The monoisotopic (exact) mass is 273 g/mol. The van der Waals surface area contributed by atoms with Gasteiger partial charge in [-0.05, 0) is 25.2 Å².